The summed E-state index contributed by atoms with van der Waals surface area (Å²) in [5.74, 6) is 1.80. The highest BCUT2D eigenvalue weighted by Gasteiger charge is 2.29. The Morgan fingerprint density at radius 1 is 1.09 bits per heavy atom. The van der Waals surface area contributed by atoms with Crippen LogP contribution in [0, 0.1) is 0 Å². The fraction of sp³-hybridized carbons (Fsp3) is 0.440. The molecule has 174 valence electrons. The molecule has 1 aliphatic heterocycles. The number of aromatic nitrogens is 4. The van der Waals surface area contributed by atoms with Gasteiger partial charge in [0.2, 0.25) is 0 Å². The van der Waals surface area contributed by atoms with Crippen LogP contribution in [0.15, 0.2) is 42.5 Å². The van der Waals surface area contributed by atoms with Crippen LogP contribution in [0.1, 0.15) is 79.7 Å². The van der Waals surface area contributed by atoms with Crippen LogP contribution < -0.4 is 14.8 Å². The number of rotatable bonds is 12. The summed E-state index contributed by atoms with van der Waals surface area (Å²) in [6.07, 6.45) is 9.12. The van der Waals surface area contributed by atoms with Crippen LogP contribution in [0.5, 0.6) is 11.5 Å². The summed E-state index contributed by atoms with van der Waals surface area (Å²) in [5, 5.41) is 16.8. The van der Waals surface area contributed by atoms with Crippen LogP contribution >= 0.6 is 0 Å². The molecule has 8 heteroatoms. The number of para-hydroxylation sites is 1. The molecular weight excluding hydrogens is 418 g/mol. The van der Waals surface area contributed by atoms with Gasteiger partial charge in [-0.25, -0.2) is 5.10 Å². The third kappa shape index (κ3) is 6.09. The van der Waals surface area contributed by atoms with E-state index in [-0.39, 0.29) is 12.0 Å². The number of aromatic amines is 1. The fourth-order valence-electron chi connectivity index (χ4n) is 3.97. The van der Waals surface area contributed by atoms with Gasteiger partial charge in [-0.1, -0.05) is 57.6 Å². The van der Waals surface area contributed by atoms with Gasteiger partial charge in [0.1, 0.15) is 11.5 Å². The van der Waals surface area contributed by atoms with Gasteiger partial charge < -0.3 is 14.8 Å². The lowest BCUT2D eigenvalue weighted by molar-refractivity contribution is 0.102. The van der Waals surface area contributed by atoms with E-state index >= 15 is 0 Å². The summed E-state index contributed by atoms with van der Waals surface area (Å²) in [6.45, 7) is 2.94. The molecule has 2 heterocycles. The molecule has 0 spiro atoms. The number of nitrogens with one attached hydrogen (secondary N) is 2. The third-order valence-electron chi connectivity index (χ3n) is 5.81. The summed E-state index contributed by atoms with van der Waals surface area (Å²) in [7, 11) is 0. The Hall–Kier alpha value is -3.42. The molecule has 1 aliphatic rings. The van der Waals surface area contributed by atoms with Gasteiger partial charge in [-0.15, -0.1) is 5.10 Å². The number of amides is 1. The topological polar surface area (TPSA) is 102 Å². The maximum atomic E-state index is 12.8. The molecule has 1 unspecified atom stereocenters. The zero-order valence-electron chi connectivity index (χ0n) is 19.0. The van der Waals surface area contributed by atoms with Gasteiger partial charge in [-0.2, -0.15) is 0 Å². The summed E-state index contributed by atoms with van der Waals surface area (Å²) in [6, 6.07) is 13.0. The zero-order valence-corrected chi connectivity index (χ0v) is 19.0. The largest absolute Gasteiger partial charge is 0.494 e. The maximum Gasteiger partial charge on any atom is 0.255 e. The normalized spacial score (nSPS) is 14.5. The van der Waals surface area contributed by atoms with E-state index in [0.717, 1.165) is 17.7 Å². The van der Waals surface area contributed by atoms with Crippen LogP contribution in [0.3, 0.4) is 0 Å². The van der Waals surface area contributed by atoms with Gasteiger partial charge in [0.25, 0.3) is 5.91 Å². The Kier molecular flexibility index (Phi) is 7.90. The minimum atomic E-state index is -0.291. The number of tetrazole rings is 1. The average Bonchev–Trinajstić information content (AvgIpc) is 3.51. The molecule has 1 aromatic heterocycles. The SMILES string of the molecule is CCCCCCCCCOc1ccc(C(=O)Nc2cccc3c2OC(c2nnn[nH]2)C3)cc1. The fourth-order valence-corrected chi connectivity index (χ4v) is 3.97. The molecule has 0 saturated carbocycles. The van der Waals surface area contributed by atoms with Gasteiger partial charge >= 0.3 is 0 Å². The lowest BCUT2D eigenvalue weighted by atomic mass is 10.1. The monoisotopic (exact) mass is 449 g/mol. The number of anilines is 1. The zero-order chi connectivity index (χ0) is 22.9. The first kappa shape index (κ1) is 22.8. The highest BCUT2D eigenvalue weighted by atomic mass is 16.5. The third-order valence-corrected chi connectivity index (χ3v) is 5.81. The predicted molar refractivity (Wildman–Crippen MR) is 126 cm³/mol. The Bertz CT molecular complexity index is 1020. The van der Waals surface area contributed by atoms with Crippen molar-refractivity contribution in [2.45, 2.75) is 64.4 Å². The number of benzene rings is 2. The van der Waals surface area contributed by atoms with Crippen molar-refractivity contribution in [3.05, 3.63) is 59.4 Å². The lowest BCUT2D eigenvalue weighted by Crippen LogP contribution is -2.13. The first-order valence-electron chi connectivity index (χ1n) is 11.8. The first-order valence-corrected chi connectivity index (χ1v) is 11.8. The van der Waals surface area contributed by atoms with E-state index in [1.165, 1.54) is 38.5 Å². The van der Waals surface area contributed by atoms with Crippen molar-refractivity contribution < 1.29 is 14.3 Å². The van der Waals surface area contributed by atoms with Crippen LogP contribution in [0.2, 0.25) is 0 Å². The predicted octanol–water partition coefficient (Wildman–Crippen LogP) is 5.26. The van der Waals surface area contributed by atoms with Crippen molar-refractivity contribution >= 4 is 11.6 Å². The summed E-state index contributed by atoms with van der Waals surface area (Å²) in [4.78, 5) is 12.8. The van der Waals surface area contributed by atoms with Crippen molar-refractivity contribution in [2.75, 3.05) is 11.9 Å². The summed E-state index contributed by atoms with van der Waals surface area (Å²) < 4.78 is 11.8. The molecule has 3 aromatic rings. The number of carbonyl (C=O) groups is 1. The molecule has 2 aromatic carbocycles. The van der Waals surface area contributed by atoms with Crippen LogP contribution in [-0.2, 0) is 6.42 Å². The van der Waals surface area contributed by atoms with E-state index in [1.807, 2.05) is 30.3 Å². The van der Waals surface area contributed by atoms with Crippen LogP contribution in [-0.4, -0.2) is 33.1 Å². The second-order valence-corrected chi connectivity index (χ2v) is 8.34. The number of carbonyl (C=O) groups excluding carboxylic acids is 1. The number of fused-ring (bicyclic) bond motifs is 1. The number of unbranched alkanes of at least 4 members (excludes halogenated alkanes) is 6. The molecule has 1 amide bonds. The quantitative estimate of drug-likeness (QED) is 0.366. The maximum absolute atomic E-state index is 12.8. The van der Waals surface area contributed by atoms with E-state index in [2.05, 4.69) is 32.9 Å². The lowest BCUT2D eigenvalue weighted by Gasteiger charge is -2.12. The van der Waals surface area contributed by atoms with Crippen molar-refractivity contribution in [1.82, 2.24) is 20.6 Å². The van der Waals surface area contributed by atoms with Crippen molar-refractivity contribution in [3.8, 4) is 11.5 Å². The Morgan fingerprint density at radius 3 is 2.64 bits per heavy atom. The molecular formula is C25H31N5O3. The standard InChI is InChI=1S/C25H31N5O3/c1-2-3-4-5-6-7-8-16-32-20-14-12-18(13-15-20)25(31)26-21-11-9-10-19-17-22(33-23(19)21)24-27-29-30-28-24/h9-15,22H,2-8,16-17H2,1H3,(H,26,31)(H,27,28,29,30). The summed E-state index contributed by atoms with van der Waals surface area (Å²) >= 11 is 0. The molecule has 8 nitrogen and oxygen atoms in total. The molecule has 33 heavy (non-hydrogen) atoms. The average molecular weight is 450 g/mol. The number of hydrogen-bond acceptors (Lipinski definition) is 6. The van der Waals surface area contributed by atoms with Gasteiger partial charge in [0.05, 0.1) is 12.3 Å². The van der Waals surface area contributed by atoms with E-state index in [1.54, 1.807) is 12.1 Å². The van der Waals surface area contributed by atoms with Crippen molar-refractivity contribution in [1.29, 1.82) is 0 Å². The van der Waals surface area contributed by atoms with E-state index in [4.69, 9.17) is 9.47 Å². The molecule has 0 aliphatic carbocycles. The van der Waals surface area contributed by atoms with E-state index < -0.39 is 0 Å². The molecule has 2 N–H and O–H groups in total. The number of nitrogens with zero attached hydrogens (tertiary/aromatic N) is 3. The van der Waals surface area contributed by atoms with Gasteiger partial charge in [-0.3, -0.25) is 4.79 Å². The second-order valence-electron chi connectivity index (χ2n) is 8.34. The molecule has 0 fully saturated rings. The Balaban J connectivity index is 1.26. The minimum absolute atomic E-state index is 0.199. The summed E-state index contributed by atoms with van der Waals surface area (Å²) in [5.41, 5.74) is 2.19. The number of hydrogen-bond donors (Lipinski definition) is 2. The van der Waals surface area contributed by atoms with Crippen molar-refractivity contribution in [2.24, 2.45) is 0 Å². The highest BCUT2D eigenvalue weighted by Crippen LogP contribution is 2.40. The van der Waals surface area contributed by atoms with Gasteiger partial charge in [-0.05, 0) is 47.2 Å². The van der Waals surface area contributed by atoms with Crippen molar-refractivity contribution in [3.63, 3.8) is 0 Å². The van der Waals surface area contributed by atoms with Crippen LogP contribution in [0.25, 0.3) is 0 Å². The van der Waals surface area contributed by atoms with Gasteiger partial charge in [0, 0.05) is 17.5 Å². The second kappa shape index (κ2) is 11.4. The van der Waals surface area contributed by atoms with E-state index in [0.29, 0.717) is 35.9 Å². The Morgan fingerprint density at radius 2 is 1.88 bits per heavy atom. The van der Waals surface area contributed by atoms with Crippen LogP contribution in [0.4, 0.5) is 5.69 Å². The minimum Gasteiger partial charge on any atom is -0.494 e. The van der Waals surface area contributed by atoms with Gasteiger partial charge in [0.15, 0.2) is 11.9 Å². The smallest absolute Gasteiger partial charge is 0.255 e. The molecule has 0 saturated heterocycles. The Labute approximate surface area is 194 Å². The molecule has 4 rings (SSSR count). The molecule has 1 atom stereocenters. The molecule has 0 bridgehead atoms. The number of H-pyrrole nitrogens is 1. The molecule has 0 radical (unpaired) electrons. The highest BCUT2D eigenvalue weighted by molar-refractivity contribution is 6.05. The first-order chi connectivity index (χ1) is 16.2. The van der Waals surface area contributed by atoms with E-state index in [9.17, 15) is 4.79 Å². The number of ether oxygens (including phenoxy) is 2.